The molecule has 3 aliphatic heterocycles. The first-order chi connectivity index (χ1) is 15.5. The van der Waals surface area contributed by atoms with Crippen molar-refractivity contribution in [3.05, 3.63) is 82.8 Å². The maximum atomic E-state index is 13.3. The van der Waals surface area contributed by atoms with Gasteiger partial charge in [-0.1, -0.05) is 18.2 Å². The molecule has 0 aliphatic carbocycles. The molecule has 5 nitrogen and oxygen atoms in total. The Hall–Kier alpha value is -2.96. The first kappa shape index (κ1) is 20.9. The molecule has 0 bridgehead atoms. The molecule has 164 valence electrons. The van der Waals surface area contributed by atoms with Gasteiger partial charge in [0.25, 0.3) is 5.91 Å². The van der Waals surface area contributed by atoms with Crippen LogP contribution in [0.2, 0.25) is 0 Å². The van der Waals surface area contributed by atoms with Crippen LogP contribution in [0.1, 0.15) is 23.4 Å². The van der Waals surface area contributed by atoms with Crippen LogP contribution in [-0.4, -0.2) is 58.8 Å². The van der Waals surface area contributed by atoms with Crippen molar-refractivity contribution in [3.63, 3.8) is 0 Å². The number of amides is 1. The Morgan fingerprint density at radius 3 is 2.66 bits per heavy atom. The summed E-state index contributed by atoms with van der Waals surface area (Å²) in [5, 5.41) is 1.05. The van der Waals surface area contributed by atoms with E-state index < -0.39 is 0 Å². The zero-order valence-electron chi connectivity index (χ0n) is 18.8. The average molecular weight is 445 g/mol. The molecule has 3 aliphatic rings. The minimum atomic E-state index is -0.0322. The van der Waals surface area contributed by atoms with Gasteiger partial charge in [0.2, 0.25) is 0 Å². The number of fused-ring (bicyclic) bond motifs is 2. The van der Waals surface area contributed by atoms with Gasteiger partial charge >= 0.3 is 0 Å². The van der Waals surface area contributed by atoms with E-state index >= 15 is 0 Å². The first-order valence-electron chi connectivity index (χ1n) is 11.1. The Bertz CT molecular complexity index is 1210. The number of carbonyl (C=O) groups is 1. The molecule has 1 saturated heterocycles. The lowest BCUT2D eigenvalue weighted by Crippen LogP contribution is -2.42. The van der Waals surface area contributed by atoms with Gasteiger partial charge in [-0.05, 0) is 75.4 Å². The monoisotopic (exact) mass is 444 g/mol. The maximum absolute atomic E-state index is 13.3. The lowest BCUT2D eigenvalue weighted by Gasteiger charge is -2.38. The number of benzene rings is 1. The van der Waals surface area contributed by atoms with Crippen LogP contribution in [-0.2, 0) is 4.79 Å². The van der Waals surface area contributed by atoms with Crippen LogP contribution >= 0.6 is 11.3 Å². The van der Waals surface area contributed by atoms with E-state index in [1.54, 1.807) is 22.3 Å². The SMILES string of the molecule is Cc1nc2cc(C3=C\C(=O)N4C=C(N5CCC(N(C)C)CC5)C=C\C4=C/C=C/3)ccc2s1. The second kappa shape index (κ2) is 8.52. The highest BCUT2D eigenvalue weighted by molar-refractivity contribution is 7.18. The summed E-state index contributed by atoms with van der Waals surface area (Å²) in [6, 6.07) is 6.86. The van der Waals surface area contributed by atoms with Gasteiger partial charge in [-0.2, -0.15) is 0 Å². The highest BCUT2D eigenvalue weighted by atomic mass is 32.1. The van der Waals surface area contributed by atoms with Gasteiger partial charge in [0.1, 0.15) is 0 Å². The zero-order chi connectivity index (χ0) is 22.2. The van der Waals surface area contributed by atoms with Crippen LogP contribution in [0.5, 0.6) is 0 Å². The third-order valence-electron chi connectivity index (χ3n) is 6.41. The number of hydrogen-bond acceptors (Lipinski definition) is 5. The number of aromatic nitrogens is 1. The molecule has 1 amide bonds. The average Bonchev–Trinajstić information content (AvgIpc) is 3.16. The molecule has 6 heteroatoms. The fourth-order valence-corrected chi connectivity index (χ4v) is 5.37. The van der Waals surface area contributed by atoms with Gasteiger partial charge in [-0.15, -0.1) is 11.3 Å². The van der Waals surface area contributed by atoms with Crippen molar-refractivity contribution >= 4 is 33.0 Å². The fourth-order valence-electron chi connectivity index (χ4n) is 4.56. The molecule has 0 N–H and O–H groups in total. The van der Waals surface area contributed by atoms with Crippen molar-refractivity contribution in [2.24, 2.45) is 0 Å². The largest absolute Gasteiger partial charge is 0.370 e. The molecule has 1 fully saturated rings. The van der Waals surface area contributed by atoms with Gasteiger partial charge in [0.15, 0.2) is 0 Å². The van der Waals surface area contributed by atoms with Crippen LogP contribution in [0.3, 0.4) is 0 Å². The Labute approximate surface area is 193 Å². The van der Waals surface area contributed by atoms with E-state index in [4.69, 9.17) is 0 Å². The topological polar surface area (TPSA) is 39.7 Å². The molecule has 2 aromatic rings. The van der Waals surface area contributed by atoms with Gasteiger partial charge in [0.05, 0.1) is 20.9 Å². The highest BCUT2D eigenvalue weighted by Gasteiger charge is 2.25. The normalized spacial score (nSPS) is 23.9. The van der Waals surface area contributed by atoms with E-state index in [0.717, 1.165) is 59.0 Å². The molecular weight excluding hydrogens is 416 g/mol. The van der Waals surface area contributed by atoms with Crippen molar-refractivity contribution in [1.82, 2.24) is 19.7 Å². The summed E-state index contributed by atoms with van der Waals surface area (Å²) in [6.07, 6.45) is 16.2. The summed E-state index contributed by atoms with van der Waals surface area (Å²) < 4.78 is 1.17. The number of thiazole rings is 1. The summed E-state index contributed by atoms with van der Waals surface area (Å²) in [4.78, 5) is 24.4. The highest BCUT2D eigenvalue weighted by Crippen LogP contribution is 2.29. The Kier molecular flexibility index (Phi) is 5.57. The molecule has 0 radical (unpaired) electrons. The van der Waals surface area contributed by atoms with Crippen LogP contribution in [0, 0.1) is 6.92 Å². The van der Waals surface area contributed by atoms with Gasteiger partial charge in [-0.25, -0.2) is 4.98 Å². The van der Waals surface area contributed by atoms with Crippen molar-refractivity contribution in [2.45, 2.75) is 25.8 Å². The lowest BCUT2D eigenvalue weighted by atomic mass is 10.0. The van der Waals surface area contributed by atoms with Crippen LogP contribution in [0.25, 0.3) is 15.8 Å². The molecule has 1 aromatic carbocycles. The fraction of sp³-hybridized carbons (Fsp3) is 0.308. The molecular formula is C26H28N4OS. The van der Waals surface area contributed by atoms with E-state index in [9.17, 15) is 4.79 Å². The zero-order valence-corrected chi connectivity index (χ0v) is 19.6. The number of likely N-dealkylation sites (tertiary alicyclic amines) is 1. The second-order valence-corrected chi connectivity index (χ2v) is 9.98. The molecule has 5 rings (SSSR count). The smallest absolute Gasteiger partial charge is 0.255 e. The molecule has 0 saturated carbocycles. The predicted molar refractivity (Wildman–Crippen MR) is 132 cm³/mol. The first-order valence-corrected chi connectivity index (χ1v) is 11.9. The molecule has 4 heterocycles. The second-order valence-electron chi connectivity index (χ2n) is 8.74. The molecule has 32 heavy (non-hydrogen) atoms. The lowest BCUT2D eigenvalue weighted by molar-refractivity contribution is -0.122. The summed E-state index contributed by atoms with van der Waals surface area (Å²) >= 11 is 1.69. The summed E-state index contributed by atoms with van der Waals surface area (Å²) in [5.74, 6) is -0.0322. The molecule has 1 aromatic heterocycles. The van der Waals surface area contributed by atoms with E-state index in [-0.39, 0.29) is 5.91 Å². The Morgan fingerprint density at radius 1 is 1.09 bits per heavy atom. The number of hydrogen-bond donors (Lipinski definition) is 0. The number of nitrogens with zero attached hydrogens (tertiary/aromatic N) is 4. The van der Waals surface area contributed by atoms with E-state index in [1.165, 1.54) is 4.70 Å². The number of rotatable bonds is 3. The summed E-state index contributed by atoms with van der Waals surface area (Å²) in [6.45, 7) is 4.04. The van der Waals surface area contributed by atoms with Crippen LogP contribution in [0.4, 0.5) is 0 Å². The summed E-state index contributed by atoms with van der Waals surface area (Å²) in [7, 11) is 4.31. The summed E-state index contributed by atoms with van der Waals surface area (Å²) in [5.41, 5.74) is 4.88. The minimum absolute atomic E-state index is 0.0322. The van der Waals surface area contributed by atoms with Crippen LogP contribution in [0.15, 0.2) is 72.2 Å². The van der Waals surface area contributed by atoms with E-state index in [0.29, 0.717) is 6.04 Å². The van der Waals surface area contributed by atoms with Crippen molar-refractivity contribution in [1.29, 1.82) is 0 Å². The van der Waals surface area contributed by atoms with E-state index in [2.05, 4.69) is 53.2 Å². The maximum Gasteiger partial charge on any atom is 0.255 e. The van der Waals surface area contributed by atoms with Gasteiger partial charge < -0.3 is 9.80 Å². The third kappa shape index (κ3) is 4.08. The van der Waals surface area contributed by atoms with Crippen LogP contribution < -0.4 is 0 Å². The molecule has 0 spiro atoms. The quantitative estimate of drug-likeness (QED) is 0.688. The van der Waals surface area contributed by atoms with Gasteiger partial charge in [0, 0.05) is 37.1 Å². The Morgan fingerprint density at radius 2 is 1.88 bits per heavy atom. The third-order valence-corrected chi connectivity index (χ3v) is 7.36. The number of piperidine rings is 1. The number of carbonyl (C=O) groups excluding carboxylic acids is 1. The minimum Gasteiger partial charge on any atom is -0.370 e. The van der Waals surface area contributed by atoms with Gasteiger partial charge in [-0.3, -0.25) is 9.69 Å². The number of aryl methyl sites for hydroxylation is 1. The molecule has 0 unspecified atom stereocenters. The molecule has 0 atom stereocenters. The van der Waals surface area contributed by atoms with Crippen molar-refractivity contribution in [2.75, 3.05) is 27.2 Å². The predicted octanol–water partition coefficient (Wildman–Crippen LogP) is 4.71. The van der Waals surface area contributed by atoms with E-state index in [1.807, 2.05) is 37.4 Å². The van der Waals surface area contributed by atoms with Crippen molar-refractivity contribution < 1.29 is 4.79 Å². The van der Waals surface area contributed by atoms with Crippen molar-refractivity contribution in [3.8, 4) is 0 Å². The number of allylic oxidation sites excluding steroid dienone is 6. The Balaban J connectivity index is 1.41. The standard InChI is InChI=1S/C26H28N4OS/c1-18-27-24-15-20(7-10-25(24)32-18)19-5-4-6-22-8-9-23(17-30(22)26(31)16-19)29-13-11-21(12-14-29)28(2)3/h4-10,15-17,21H,11-14H2,1-3H3/b5-4+,19-16+,22-6+.